The molecule has 1 aliphatic carbocycles. The van der Waals surface area contributed by atoms with E-state index in [4.69, 9.17) is 0 Å². The predicted molar refractivity (Wildman–Crippen MR) is 136 cm³/mol. The molecule has 1 aromatic heterocycles. The van der Waals surface area contributed by atoms with Crippen LogP contribution in [0.1, 0.15) is 64.1 Å². The molecule has 1 aromatic carbocycles. The van der Waals surface area contributed by atoms with Crippen LogP contribution in [-0.2, 0) is 16.4 Å². The molecule has 0 N–H and O–H groups in total. The van der Waals surface area contributed by atoms with Crippen LogP contribution in [0.25, 0.3) is 10.9 Å². The lowest BCUT2D eigenvalue weighted by Crippen LogP contribution is -2.44. The van der Waals surface area contributed by atoms with Crippen molar-refractivity contribution in [1.82, 2.24) is 14.4 Å². The van der Waals surface area contributed by atoms with E-state index in [2.05, 4.69) is 58.5 Å². The lowest BCUT2D eigenvalue weighted by atomic mass is 9.79. The lowest BCUT2D eigenvalue weighted by Gasteiger charge is -2.42. The lowest BCUT2D eigenvalue weighted by molar-refractivity contribution is 0.0885. The number of aromatic nitrogens is 1. The Hall–Kier alpha value is -1.37. The number of likely N-dealkylation sites (tertiary alicyclic amines) is 1. The van der Waals surface area contributed by atoms with Crippen molar-refractivity contribution in [3.8, 4) is 0 Å². The smallest absolute Gasteiger partial charge is 0.152 e. The van der Waals surface area contributed by atoms with E-state index in [0.717, 1.165) is 24.4 Å². The summed E-state index contributed by atoms with van der Waals surface area (Å²) in [5.41, 5.74) is 2.69. The molecule has 3 heterocycles. The number of benzene rings is 1. The summed E-state index contributed by atoms with van der Waals surface area (Å²) in [5, 5.41) is 1.31. The first-order valence-corrected chi connectivity index (χ1v) is 15.0. The Morgan fingerprint density at radius 1 is 0.879 bits per heavy atom. The van der Waals surface area contributed by atoms with E-state index in [9.17, 15) is 8.42 Å². The quantitative estimate of drug-likeness (QED) is 0.633. The standard InChI is InChI=1S/C27H41N3O2S/c1-21(2)22-7-9-24(10-8-22)29-13-11-25(12-14-29)30-26(19-23-5-3-4-6-27(23)30)20-28-15-17-33(31,32)18-16-28/h3-6,19,21-22,24-25H,7-18,20H2,1-2H3. The second-order valence-corrected chi connectivity index (χ2v) is 13.4. The summed E-state index contributed by atoms with van der Waals surface area (Å²) >= 11 is 0. The number of fused-ring (bicyclic) bond motifs is 1. The van der Waals surface area contributed by atoms with Crippen LogP contribution in [0.4, 0.5) is 0 Å². The summed E-state index contributed by atoms with van der Waals surface area (Å²) < 4.78 is 26.4. The highest BCUT2D eigenvalue weighted by atomic mass is 32.2. The first-order valence-electron chi connectivity index (χ1n) is 13.2. The van der Waals surface area contributed by atoms with Crippen LogP contribution < -0.4 is 0 Å². The van der Waals surface area contributed by atoms with Crippen molar-refractivity contribution in [2.45, 2.75) is 71.0 Å². The van der Waals surface area contributed by atoms with Gasteiger partial charge < -0.3 is 9.47 Å². The molecule has 0 bridgehead atoms. The van der Waals surface area contributed by atoms with Crippen molar-refractivity contribution in [3.05, 3.63) is 36.0 Å². The van der Waals surface area contributed by atoms with E-state index < -0.39 is 9.84 Å². The molecule has 1 saturated carbocycles. The fourth-order valence-electron chi connectivity index (χ4n) is 6.57. The number of rotatable bonds is 5. The van der Waals surface area contributed by atoms with Crippen molar-refractivity contribution in [2.75, 3.05) is 37.7 Å². The number of hydrogen-bond acceptors (Lipinski definition) is 4. The van der Waals surface area contributed by atoms with Gasteiger partial charge in [0.2, 0.25) is 0 Å². The third-order valence-corrected chi connectivity index (χ3v) is 10.3. The van der Waals surface area contributed by atoms with Gasteiger partial charge in [-0.15, -0.1) is 0 Å². The van der Waals surface area contributed by atoms with Gasteiger partial charge in [0, 0.05) is 56.0 Å². The third kappa shape index (κ3) is 5.18. The Bertz CT molecular complexity index is 1030. The SMILES string of the molecule is CC(C)C1CCC(N2CCC(n3c(CN4CCS(=O)(=O)CC4)cc4ccccc43)CC2)CC1. The number of sulfone groups is 1. The van der Waals surface area contributed by atoms with Gasteiger partial charge in [-0.1, -0.05) is 32.0 Å². The van der Waals surface area contributed by atoms with Gasteiger partial charge in [-0.05, 0) is 67.9 Å². The van der Waals surface area contributed by atoms with E-state index in [1.807, 2.05) is 0 Å². The maximum Gasteiger partial charge on any atom is 0.152 e. The molecular formula is C27H41N3O2S. The summed E-state index contributed by atoms with van der Waals surface area (Å²) in [6, 6.07) is 12.4. The fourth-order valence-corrected chi connectivity index (χ4v) is 7.84. The van der Waals surface area contributed by atoms with E-state index in [1.54, 1.807) is 0 Å². The Labute approximate surface area is 200 Å². The van der Waals surface area contributed by atoms with Gasteiger partial charge in [-0.3, -0.25) is 4.90 Å². The van der Waals surface area contributed by atoms with Crippen molar-refractivity contribution in [3.63, 3.8) is 0 Å². The highest BCUT2D eigenvalue weighted by Crippen LogP contribution is 2.36. The van der Waals surface area contributed by atoms with Crippen LogP contribution in [0, 0.1) is 11.8 Å². The van der Waals surface area contributed by atoms with Crippen LogP contribution in [0.15, 0.2) is 30.3 Å². The molecule has 3 aliphatic rings. The Kier molecular flexibility index (Phi) is 6.88. The Morgan fingerprint density at radius 2 is 1.55 bits per heavy atom. The topological polar surface area (TPSA) is 45.5 Å². The summed E-state index contributed by atoms with van der Waals surface area (Å²) in [6.45, 7) is 9.34. The molecule has 0 spiro atoms. The van der Waals surface area contributed by atoms with E-state index in [1.165, 1.54) is 68.2 Å². The highest BCUT2D eigenvalue weighted by molar-refractivity contribution is 7.91. The summed E-state index contributed by atoms with van der Waals surface area (Å²) in [4.78, 5) is 5.11. The van der Waals surface area contributed by atoms with Gasteiger partial charge in [-0.2, -0.15) is 0 Å². The molecule has 2 aliphatic heterocycles. The minimum Gasteiger partial charge on any atom is -0.340 e. The van der Waals surface area contributed by atoms with Gasteiger partial charge in [0.05, 0.1) is 11.5 Å². The fraction of sp³-hybridized carbons (Fsp3) is 0.704. The van der Waals surface area contributed by atoms with Crippen LogP contribution in [0.5, 0.6) is 0 Å². The second kappa shape index (κ2) is 9.71. The van der Waals surface area contributed by atoms with E-state index >= 15 is 0 Å². The van der Waals surface area contributed by atoms with Crippen molar-refractivity contribution < 1.29 is 8.42 Å². The van der Waals surface area contributed by atoms with Crippen molar-refractivity contribution in [1.29, 1.82) is 0 Å². The van der Waals surface area contributed by atoms with Gasteiger partial charge in [0.15, 0.2) is 9.84 Å². The Balaban J connectivity index is 1.27. The largest absolute Gasteiger partial charge is 0.340 e. The molecule has 0 atom stereocenters. The molecule has 0 unspecified atom stereocenters. The number of nitrogens with zero attached hydrogens (tertiary/aromatic N) is 3. The predicted octanol–water partition coefficient (Wildman–Crippen LogP) is 4.72. The van der Waals surface area contributed by atoms with Crippen LogP contribution in [0.2, 0.25) is 0 Å². The normalized spacial score (nSPS) is 28.0. The summed E-state index contributed by atoms with van der Waals surface area (Å²) in [5.74, 6) is 2.35. The zero-order valence-electron chi connectivity index (χ0n) is 20.5. The molecule has 5 rings (SSSR count). The molecule has 0 amide bonds. The zero-order chi connectivity index (χ0) is 23.0. The van der Waals surface area contributed by atoms with Crippen LogP contribution >= 0.6 is 0 Å². The van der Waals surface area contributed by atoms with Gasteiger partial charge >= 0.3 is 0 Å². The maximum atomic E-state index is 11.9. The Morgan fingerprint density at radius 3 is 2.21 bits per heavy atom. The molecule has 0 radical (unpaired) electrons. The van der Waals surface area contributed by atoms with Gasteiger partial charge in [0.25, 0.3) is 0 Å². The van der Waals surface area contributed by atoms with Gasteiger partial charge in [0.1, 0.15) is 0 Å². The molecule has 5 nitrogen and oxygen atoms in total. The van der Waals surface area contributed by atoms with Gasteiger partial charge in [-0.25, -0.2) is 8.42 Å². The van der Waals surface area contributed by atoms with Crippen molar-refractivity contribution >= 4 is 20.7 Å². The molecule has 2 saturated heterocycles. The molecule has 182 valence electrons. The first kappa shape index (κ1) is 23.4. The van der Waals surface area contributed by atoms with Crippen LogP contribution in [-0.4, -0.2) is 66.5 Å². The summed E-state index contributed by atoms with van der Waals surface area (Å²) in [7, 11) is -2.84. The summed E-state index contributed by atoms with van der Waals surface area (Å²) in [6.07, 6.45) is 7.99. The average Bonchev–Trinajstić information content (AvgIpc) is 3.18. The number of hydrogen-bond donors (Lipinski definition) is 0. The van der Waals surface area contributed by atoms with E-state index in [-0.39, 0.29) is 0 Å². The number of para-hydroxylation sites is 1. The molecule has 33 heavy (non-hydrogen) atoms. The molecule has 3 fully saturated rings. The monoisotopic (exact) mass is 471 g/mol. The highest BCUT2D eigenvalue weighted by Gasteiger charge is 2.31. The van der Waals surface area contributed by atoms with Crippen LogP contribution in [0.3, 0.4) is 0 Å². The molecule has 6 heteroatoms. The zero-order valence-corrected chi connectivity index (χ0v) is 21.3. The van der Waals surface area contributed by atoms with E-state index in [0.29, 0.717) is 30.6 Å². The number of piperidine rings is 1. The second-order valence-electron chi connectivity index (χ2n) is 11.1. The molecular weight excluding hydrogens is 430 g/mol. The first-order chi connectivity index (χ1) is 15.9. The minimum atomic E-state index is -2.84. The minimum absolute atomic E-state index is 0.296. The molecule has 2 aromatic rings. The average molecular weight is 472 g/mol. The van der Waals surface area contributed by atoms with Crippen molar-refractivity contribution in [2.24, 2.45) is 11.8 Å². The maximum absolute atomic E-state index is 11.9. The third-order valence-electron chi connectivity index (χ3n) is 8.72.